The number of hydrogen-bond acceptors (Lipinski definition) is 10. The highest BCUT2D eigenvalue weighted by Gasteiger charge is 2.49. The summed E-state index contributed by atoms with van der Waals surface area (Å²) in [6, 6.07) is 12.1. The number of nitrogens with one attached hydrogen (secondary N) is 1. The Morgan fingerprint density at radius 1 is 1.00 bits per heavy atom. The zero-order valence-electron chi connectivity index (χ0n) is 31.1. The normalized spacial score (nSPS) is 22.2. The molecule has 0 spiro atoms. The van der Waals surface area contributed by atoms with Gasteiger partial charge in [-0.05, 0) is 48.8 Å². The Bertz CT molecular complexity index is 1670. The lowest BCUT2D eigenvalue weighted by Crippen LogP contribution is -2.58. The first-order chi connectivity index (χ1) is 25.9. The van der Waals surface area contributed by atoms with Crippen molar-refractivity contribution < 1.29 is 51.9 Å². The number of nitrogens with zero attached hydrogens (tertiary/aromatic N) is 3. The van der Waals surface area contributed by atoms with E-state index in [1.807, 2.05) is 44.2 Å². The van der Waals surface area contributed by atoms with Crippen molar-refractivity contribution in [2.75, 3.05) is 65.9 Å². The highest BCUT2D eigenvalue weighted by atomic mass is 32.2. The average Bonchev–Trinajstić information content (AvgIpc) is 3.92. The number of carbonyl (C=O) groups is 2. The van der Waals surface area contributed by atoms with Crippen molar-refractivity contribution in [2.45, 2.75) is 81.7 Å². The van der Waals surface area contributed by atoms with Crippen molar-refractivity contribution in [3.63, 3.8) is 0 Å². The van der Waals surface area contributed by atoms with Crippen LogP contribution in [0.3, 0.4) is 0 Å². The van der Waals surface area contributed by atoms with Gasteiger partial charge in [0, 0.05) is 44.7 Å². The number of aliphatic hydroxyl groups is 1. The van der Waals surface area contributed by atoms with Gasteiger partial charge >= 0.3 is 12.1 Å². The van der Waals surface area contributed by atoms with Gasteiger partial charge in [0.25, 0.3) is 0 Å². The van der Waals surface area contributed by atoms with E-state index in [0.717, 1.165) is 24.8 Å². The summed E-state index contributed by atoms with van der Waals surface area (Å²) in [4.78, 5) is 28.5. The highest BCUT2D eigenvalue weighted by Crippen LogP contribution is 2.38. The van der Waals surface area contributed by atoms with E-state index in [0.29, 0.717) is 63.8 Å². The predicted octanol–water partition coefficient (Wildman–Crippen LogP) is 3.75. The number of morpholine rings is 1. The molecule has 3 fully saturated rings. The van der Waals surface area contributed by atoms with Crippen LogP contribution in [-0.4, -0.2) is 135 Å². The number of amides is 3. The Hall–Kier alpha value is -3.67. The van der Waals surface area contributed by atoms with Gasteiger partial charge in [0.05, 0.1) is 49.5 Å². The van der Waals surface area contributed by atoms with E-state index in [1.54, 1.807) is 11.0 Å². The van der Waals surface area contributed by atoms with Gasteiger partial charge in [0.15, 0.2) is 17.8 Å². The number of urea groups is 1. The lowest BCUT2D eigenvalue weighted by atomic mass is 9.86. The summed E-state index contributed by atoms with van der Waals surface area (Å²) in [5.74, 6) is 0.548. The highest BCUT2D eigenvalue weighted by molar-refractivity contribution is 7.89. The molecule has 3 amide bonds. The van der Waals surface area contributed by atoms with Crippen LogP contribution in [0, 0.1) is 11.3 Å². The van der Waals surface area contributed by atoms with E-state index < -0.39 is 46.0 Å². The van der Waals surface area contributed by atoms with Gasteiger partial charge in [-0.2, -0.15) is 4.31 Å². The second kappa shape index (κ2) is 17.9. The summed E-state index contributed by atoms with van der Waals surface area (Å²) in [5.41, 5.74) is 0.271. The van der Waals surface area contributed by atoms with E-state index >= 15 is 0 Å². The summed E-state index contributed by atoms with van der Waals surface area (Å²) in [6.45, 7) is 7.00. The minimum Gasteiger partial charge on any atom is -0.465 e. The lowest BCUT2D eigenvalue weighted by molar-refractivity contribution is -0.0906. The van der Waals surface area contributed by atoms with Gasteiger partial charge in [-0.1, -0.05) is 57.0 Å². The number of aliphatic hydroxyl groups excluding tert-OH is 1. The van der Waals surface area contributed by atoms with Crippen LogP contribution in [0.25, 0.3) is 0 Å². The van der Waals surface area contributed by atoms with Crippen molar-refractivity contribution in [3.8, 4) is 11.5 Å². The molecule has 0 aliphatic carbocycles. The maximum Gasteiger partial charge on any atom is 0.407 e. The molecule has 0 radical (unpaired) electrons. The molecule has 2 aromatic carbocycles. The minimum absolute atomic E-state index is 0.0180. The van der Waals surface area contributed by atoms with Crippen LogP contribution < -0.4 is 14.8 Å². The SMILES string of the molecule is CC(C)(CCCCCNC(=O)N1CCOCC1)CN(C[C@@H](O)[C@H](Cc1ccccc1)N(C(=O)O)[C@H]1CO[C@H]2OCC[C@H]21)S(=O)(=O)c1ccc2c(c1)OCO2. The maximum absolute atomic E-state index is 14.5. The average molecular weight is 775 g/mol. The Morgan fingerprint density at radius 2 is 1.76 bits per heavy atom. The molecule has 5 atom stereocenters. The Balaban J connectivity index is 1.19. The number of carbonyl (C=O) groups excluding carboxylic acids is 1. The van der Waals surface area contributed by atoms with Crippen LogP contribution in [0.2, 0.25) is 0 Å². The molecular weight excluding hydrogens is 721 g/mol. The van der Waals surface area contributed by atoms with E-state index in [4.69, 9.17) is 23.7 Å². The van der Waals surface area contributed by atoms with E-state index in [1.165, 1.54) is 21.3 Å². The van der Waals surface area contributed by atoms with Gasteiger partial charge in [-0.15, -0.1) is 0 Å². The molecule has 0 aromatic heterocycles. The van der Waals surface area contributed by atoms with Crippen LogP contribution in [-0.2, 0) is 30.7 Å². The number of rotatable bonds is 17. The van der Waals surface area contributed by atoms with E-state index in [-0.39, 0.29) is 49.8 Å². The summed E-state index contributed by atoms with van der Waals surface area (Å²) in [5, 5.41) is 25.8. The molecule has 16 heteroatoms. The second-order valence-corrected chi connectivity index (χ2v) is 17.2. The van der Waals surface area contributed by atoms with Gasteiger partial charge in [-0.25, -0.2) is 18.0 Å². The molecule has 6 rings (SSSR count). The van der Waals surface area contributed by atoms with Crippen molar-refractivity contribution in [2.24, 2.45) is 11.3 Å². The molecule has 4 heterocycles. The fourth-order valence-corrected chi connectivity index (χ4v) is 9.50. The number of hydrogen-bond donors (Lipinski definition) is 3. The van der Waals surface area contributed by atoms with Crippen molar-refractivity contribution in [1.82, 2.24) is 19.4 Å². The monoisotopic (exact) mass is 774 g/mol. The molecule has 54 heavy (non-hydrogen) atoms. The molecule has 3 saturated heterocycles. The molecular formula is C38H54N4O11S. The van der Waals surface area contributed by atoms with E-state index in [2.05, 4.69) is 5.32 Å². The number of benzene rings is 2. The zero-order chi connectivity index (χ0) is 38.3. The summed E-state index contributed by atoms with van der Waals surface area (Å²) >= 11 is 0. The Kier molecular flexibility index (Phi) is 13.2. The van der Waals surface area contributed by atoms with Gasteiger partial charge in [0.1, 0.15) is 0 Å². The molecule has 0 bridgehead atoms. The number of ether oxygens (including phenoxy) is 5. The molecule has 298 valence electrons. The first-order valence-corrected chi connectivity index (χ1v) is 20.3. The summed E-state index contributed by atoms with van der Waals surface area (Å²) in [7, 11) is -4.23. The van der Waals surface area contributed by atoms with Gasteiger partial charge in [0.2, 0.25) is 16.8 Å². The number of sulfonamides is 1. The van der Waals surface area contributed by atoms with Crippen molar-refractivity contribution in [1.29, 1.82) is 0 Å². The first-order valence-electron chi connectivity index (χ1n) is 18.9. The van der Waals surface area contributed by atoms with Crippen LogP contribution in [0.1, 0.15) is 51.5 Å². The maximum atomic E-state index is 14.5. The number of fused-ring (bicyclic) bond motifs is 2. The summed E-state index contributed by atoms with van der Waals surface area (Å²) < 4.78 is 58.1. The molecule has 4 aliphatic heterocycles. The quantitative estimate of drug-likeness (QED) is 0.200. The lowest BCUT2D eigenvalue weighted by Gasteiger charge is -2.40. The topological polar surface area (TPSA) is 177 Å². The Morgan fingerprint density at radius 3 is 2.52 bits per heavy atom. The summed E-state index contributed by atoms with van der Waals surface area (Å²) in [6.07, 6.45) is 0.692. The van der Waals surface area contributed by atoms with Gasteiger partial charge in [-0.3, -0.25) is 4.90 Å². The third-order valence-electron chi connectivity index (χ3n) is 10.8. The fraction of sp³-hybridized carbons (Fsp3) is 0.632. The fourth-order valence-electron chi connectivity index (χ4n) is 7.83. The van der Waals surface area contributed by atoms with Crippen LogP contribution >= 0.6 is 0 Å². The molecule has 4 aliphatic rings. The molecule has 15 nitrogen and oxygen atoms in total. The molecule has 0 unspecified atom stereocenters. The molecule has 3 N–H and O–H groups in total. The second-order valence-electron chi connectivity index (χ2n) is 15.2. The van der Waals surface area contributed by atoms with Crippen molar-refractivity contribution >= 4 is 22.1 Å². The standard InChI is InChI=1S/C38H54N4O11S/c1-38(2,14-7-4-8-15-39-36(44)40-16-19-49-20-17-40)25-41(54(47,48)28-11-12-33-34(22-28)53-26-52-33)23-32(43)30(21-27-9-5-3-6-10-27)42(37(45)46)31-24-51-35-29(31)13-18-50-35/h3,5-6,9-12,22,29-32,35,43H,4,7-8,13-21,23-26H2,1-2H3,(H,39,44)(H,45,46)/t29-,30-,31-,32+,35+/m0/s1. The third kappa shape index (κ3) is 9.76. The van der Waals surface area contributed by atoms with Crippen LogP contribution in [0.4, 0.5) is 9.59 Å². The van der Waals surface area contributed by atoms with Crippen LogP contribution in [0.5, 0.6) is 11.5 Å². The molecule has 2 aromatic rings. The Labute approximate surface area is 317 Å². The molecule has 0 saturated carbocycles. The smallest absolute Gasteiger partial charge is 0.407 e. The van der Waals surface area contributed by atoms with Crippen LogP contribution in [0.15, 0.2) is 53.4 Å². The largest absolute Gasteiger partial charge is 0.465 e. The minimum atomic E-state index is -4.23. The number of carboxylic acid groups (broad SMARTS) is 1. The predicted molar refractivity (Wildman–Crippen MR) is 197 cm³/mol. The zero-order valence-corrected chi connectivity index (χ0v) is 32.0. The van der Waals surface area contributed by atoms with Crippen molar-refractivity contribution in [3.05, 3.63) is 54.1 Å². The van der Waals surface area contributed by atoms with Gasteiger partial charge < -0.3 is 44.1 Å². The first kappa shape index (κ1) is 40.0. The third-order valence-corrected chi connectivity index (χ3v) is 12.6. The van der Waals surface area contributed by atoms with E-state index in [9.17, 15) is 28.2 Å². The number of unbranched alkanes of at least 4 members (excludes halogenated alkanes) is 2.